The molecule has 128 valence electrons. The van der Waals surface area contributed by atoms with Crippen LogP contribution in [0.2, 0.25) is 0 Å². The maximum Gasteiger partial charge on any atom is 0.306 e. The number of carbonyl (C=O) groups is 1. The number of anilines is 1. The van der Waals surface area contributed by atoms with E-state index >= 15 is 0 Å². The van der Waals surface area contributed by atoms with Crippen molar-refractivity contribution in [2.75, 3.05) is 31.1 Å². The Morgan fingerprint density at radius 3 is 2.28 bits per heavy atom. The molecule has 5 heteroatoms. The Morgan fingerprint density at radius 1 is 1.04 bits per heavy atom. The molecule has 1 amide bonds. The van der Waals surface area contributed by atoms with Crippen molar-refractivity contribution >= 4 is 11.6 Å². The van der Waals surface area contributed by atoms with Crippen molar-refractivity contribution < 1.29 is 9.18 Å². The van der Waals surface area contributed by atoms with E-state index in [1.54, 1.807) is 17.0 Å². The third-order valence-electron chi connectivity index (χ3n) is 4.50. The highest BCUT2D eigenvalue weighted by Gasteiger charge is 2.31. The average molecular weight is 337 g/mol. The maximum atomic E-state index is 13.0. The molecular formula is C20H20FN3O. The van der Waals surface area contributed by atoms with E-state index in [0.717, 1.165) is 11.3 Å². The largest absolute Gasteiger partial charge is 0.368 e. The van der Waals surface area contributed by atoms with Crippen molar-refractivity contribution in [1.82, 2.24) is 4.90 Å². The number of hydrogen-bond acceptors (Lipinski definition) is 2. The summed E-state index contributed by atoms with van der Waals surface area (Å²) in [5.74, 6) is -0.351. The lowest BCUT2D eigenvalue weighted by Crippen LogP contribution is -2.51. The predicted octanol–water partition coefficient (Wildman–Crippen LogP) is 3.00. The average Bonchev–Trinajstić information content (AvgIpc) is 2.67. The van der Waals surface area contributed by atoms with E-state index in [0.29, 0.717) is 32.6 Å². The van der Waals surface area contributed by atoms with Crippen molar-refractivity contribution in [3.63, 3.8) is 0 Å². The van der Waals surface area contributed by atoms with Crippen LogP contribution in [0, 0.1) is 12.4 Å². The molecule has 0 saturated carbocycles. The fourth-order valence-corrected chi connectivity index (χ4v) is 3.07. The van der Waals surface area contributed by atoms with Gasteiger partial charge >= 0.3 is 11.9 Å². The first-order valence-corrected chi connectivity index (χ1v) is 8.37. The molecule has 4 nitrogen and oxygen atoms in total. The Hall–Kier alpha value is -2.87. The first-order valence-electron chi connectivity index (χ1n) is 8.37. The fourth-order valence-electron chi connectivity index (χ4n) is 3.07. The summed E-state index contributed by atoms with van der Waals surface area (Å²) >= 11 is 0. The van der Waals surface area contributed by atoms with Crippen LogP contribution < -0.4 is 4.90 Å². The molecule has 25 heavy (non-hydrogen) atoms. The van der Waals surface area contributed by atoms with Gasteiger partial charge in [-0.15, -0.1) is 0 Å². The molecule has 1 heterocycles. The van der Waals surface area contributed by atoms with Crippen LogP contribution in [-0.2, 0) is 11.2 Å². The van der Waals surface area contributed by atoms with Gasteiger partial charge in [0.05, 0.1) is 6.42 Å². The van der Waals surface area contributed by atoms with Gasteiger partial charge in [-0.3, -0.25) is 4.79 Å². The maximum absolute atomic E-state index is 13.0. The van der Waals surface area contributed by atoms with Gasteiger partial charge in [0.1, 0.15) is 5.82 Å². The van der Waals surface area contributed by atoms with Gasteiger partial charge in [-0.2, -0.15) is 0 Å². The molecule has 0 radical (unpaired) electrons. The Labute approximate surface area is 147 Å². The molecule has 1 unspecified atom stereocenters. The highest BCUT2D eigenvalue weighted by Crippen LogP contribution is 2.18. The van der Waals surface area contributed by atoms with E-state index in [2.05, 4.69) is 9.74 Å². The number of amides is 1. The van der Waals surface area contributed by atoms with Crippen molar-refractivity contribution in [1.29, 1.82) is 0 Å². The molecule has 0 spiro atoms. The second-order valence-corrected chi connectivity index (χ2v) is 6.12. The standard InChI is InChI=1S/C20H20FN3O/c1-22-19(15-16-5-3-2-4-6-16)20(25)24-13-11-23(12-14-24)18-9-7-17(21)8-10-18/h2-10,19H,11-15H2. The summed E-state index contributed by atoms with van der Waals surface area (Å²) in [5.41, 5.74) is 1.96. The van der Waals surface area contributed by atoms with Crippen LogP contribution >= 0.6 is 0 Å². The van der Waals surface area contributed by atoms with Gasteiger partial charge in [-0.05, 0) is 29.8 Å². The number of halogens is 1. The monoisotopic (exact) mass is 337 g/mol. The van der Waals surface area contributed by atoms with Crippen LogP contribution in [0.15, 0.2) is 54.6 Å². The quantitative estimate of drug-likeness (QED) is 0.802. The molecule has 1 saturated heterocycles. The first kappa shape index (κ1) is 17.0. The minimum absolute atomic E-state index is 0.0994. The third kappa shape index (κ3) is 4.16. The van der Waals surface area contributed by atoms with Crippen LogP contribution in [0.5, 0.6) is 0 Å². The number of hydrogen-bond donors (Lipinski definition) is 0. The van der Waals surface area contributed by atoms with Crippen molar-refractivity contribution in [2.45, 2.75) is 12.5 Å². The second-order valence-electron chi connectivity index (χ2n) is 6.12. The van der Waals surface area contributed by atoms with Crippen LogP contribution in [0.1, 0.15) is 5.56 Å². The molecule has 1 fully saturated rings. The van der Waals surface area contributed by atoms with Gasteiger partial charge in [0, 0.05) is 31.9 Å². The number of nitrogens with zero attached hydrogens (tertiary/aromatic N) is 3. The summed E-state index contributed by atoms with van der Waals surface area (Å²) in [6.07, 6.45) is 0.446. The molecule has 0 bridgehead atoms. The van der Waals surface area contributed by atoms with Gasteiger partial charge in [0.2, 0.25) is 0 Å². The second kappa shape index (κ2) is 7.80. The summed E-state index contributed by atoms with van der Waals surface area (Å²) in [5, 5.41) is 0. The number of carbonyl (C=O) groups excluding carboxylic acids is 1. The van der Waals surface area contributed by atoms with Gasteiger partial charge in [0.15, 0.2) is 0 Å². The lowest BCUT2D eigenvalue weighted by atomic mass is 10.1. The smallest absolute Gasteiger partial charge is 0.306 e. The Morgan fingerprint density at radius 2 is 1.68 bits per heavy atom. The van der Waals surface area contributed by atoms with Crippen LogP contribution in [0.3, 0.4) is 0 Å². The summed E-state index contributed by atoms with van der Waals surface area (Å²) < 4.78 is 13.0. The Balaban J connectivity index is 1.58. The van der Waals surface area contributed by atoms with Crippen LogP contribution in [0.25, 0.3) is 4.85 Å². The predicted molar refractivity (Wildman–Crippen MR) is 95.7 cm³/mol. The van der Waals surface area contributed by atoms with Gasteiger partial charge in [-0.25, -0.2) is 11.0 Å². The van der Waals surface area contributed by atoms with Gasteiger partial charge in [-0.1, -0.05) is 30.3 Å². The van der Waals surface area contributed by atoms with Gasteiger partial charge in [0.25, 0.3) is 0 Å². The highest BCUT2D eigenvalue weighted by atomic mass is 19.1. The lowest BCUT2D eigenvalue weighted by molar-refractivity contribution is -0.131. The van der Waals surface area contributed by atoms with Gasteiger partial charge < -0.3 is 14.6 Å². The molecule has 0 aliphatic carbocycles. The van der Waals surface area contributed by atoms with E-state index in [1.165, 1.54) is 12.1 Å². The van der Waals surface area contributed by atoms with Crippen molar-refractivity contribution in [3.8, 4) is 0 Å². The summed E-state index contributed by atoms with van der Waals surface area (Å²) in [4.78, 5) is 20.1. The number of rotatable bonds is 4. The molecule has 2 aromatic rings. The zero-order valence-corrected chi connectivity index (χ0v) is 13.9. The molecule has 1 atom stereocenters. The molecular weight excluding hydrogens is 317 g/mol. The minimum Gasteiger partial charge on any atom is -0.368 e. The van der Waals surface area contributed by atoms with E-state index in [4.69, 9.17) is 6.57 Å². The SMILES string of the molecule is [C-]#[N+]C(Cc1ccccc1)C(=O)N1CCN(c2ccc(F)cc2)CC1. The Bertz CT molecular complexity index is 747. The van der Waals surface area contributed by atoms with Crippen LogP contribution in [-0.4, -0.2) is 43.0 Å². The summed E-state index contributed by atoms with van der Waals surface area (Å²) in [6.45, 7) is 9.92. The lowest BCUT2D eigenvalue weighted by Gasteiger charge is -2.36. The zero-order chi connectivity index (χ0) is 17.6. The molecule has 3 rings (SSSR count). The highest BCUT2D eigenvalue weighted by molar-refractivity contribution is 5.84. The third-order valence-corrected chi connectivity index (χ3v) is 4.50. The Kier molecular flexibility index (Phi) is 5.30. The van der Waals surface area contributed by atoms with E-state index in [-0.39, 0.29) is 11.7 Å². The normalized spacial score (nSPS) is 15.5. The number of piperazine rings is 1. The zero-order valence-electron chi connectivity index (χ0n) is 13.9. The van der Waals surface area contributed by atoms with E-state index < -0.39 is 6.04 Å². The topological polar surface area (TPSA) is 27.9 Å². The van der Waals surface area contributed by atoms with Crippen molar-refractivity contribution in [3.05, 3.63) is 77.4 Å². The minimum atomic E-state index is -0.667. The molecule has 2 aromatic carbocycles. The molecule has 0 N–H and O–H groups in total. The van der Waals surface area contributed by atoms with E-state index in [9.17, 15) is 9.18 Å². The summed E-state index contributed by atoms with van der Waals surface area (Å²) in [7, 11) is 0. The summed E-state index contributed by atoms with van der Waals surface area (Å²) in [6, 6.07) is 15.4. The van der Waals surface area contributed by atoms with E-state index in [1.807, 2.05) is 30.3 Å². The number of benzene rings is 2. The first-order chi connectivity index (χ1) is 12.2. The molecule has 0 aromatic heterocycles. The fraction of sp³-hybridized carbons (Fsp3) is 0.300. The molecule has 1 aliphatic rings. The van der Waals surface area contributed by atoms with Crippen molar-refractivity contribution in [2.24, 2.45) is 0 Å². The molecule has 1 aliphatic heterocycles. The van der Waals surface area contributed by atoms with Crippen LogP contribution in [0.4, 0.5) is 10.1 Å².